The summed E-state index contributed by atoms with van der Waals surface area (Å²) in [5.41, 5.74) is 0.911. The molecule has 0 bridgehead atoms. The number of thiophene rings is 1. The van der Waals surface area contributed by atoms with Crippen molar-refractivity contribution < 1.29 is 14.2 Å². The molecule has 1 N–H and O–H groups in total. The molecule has 1 heterocycles. The average molecular weight is 323 g/mol. The van der Waals surface area contributed by atoms with Gasteiger partial charge in [-0.25, -0.2) is 4.39 Å². The minimum Gasteiger partial charge on any atom is -0.389 e. The van der Waals surface area contributed by atoms with Crippen LogP contribution in [0.4, 0.5) is 4.39 Å². The first-order valence-corrected chi connectivity index (χ1v) is 8.30. The number of benzene rings is 1. The summed E-state index contributed by atoms with van der Waals surface area (Å²) in [5.74, 6) is -0.228. The van der Waals surface area contributed by atoms with Gasteiger partial charge in [-0.15, -0.1) is 11.3 Å². The lowest BCUT2D eigenvalue weighted by Gasteiger charge is -2.23. The topological polar surface area (TPSA) is 32.7 Å². The maximum Gasteiger partial charge on any atom is 0.123 e. The quantitative estimate of drug-likeness (QED) is 0.769. The molecule has 3 nitrogen and oxygen atoms in total. The van der Waals surface area contributed by atoms with E-state index in [1.54, 1.807) is 17.4 Å². The molecule has 120 valence electrons. The first-order valence-electron chi connectivity index (χ1n) is 7.42. The molecule has 1 unspecified atom stereocenters. The van der Waals surface area contributed by atoms with Crippen LogP contribution in [-0.4, -0.2) is 35.8 Å². The molecular formula is C17H22FNO2S. The number of halogens is 1. The van der Waals surface area contributed by atoms with Crippen molar-refractivity contribution in [2.24, 2.45) is 0 Å². The Morgan fingerprint density at radius 3 is 2.86 bits per heavy atom. The molecule has 0 fully saturated rings. The molecule has 0 aliphatic rings. The van der Waals surface area contributed by atoms with Crippen LogP contribution in [0.3, 0.4) is 0 Å². The third kappa shape index (κ3) is 5.85. The third-order valence-corrected chi connectivity index (χ3v) is 4.20. The van der Waals surface area contributed by atoms with E-state index in [0.29, 0.717) is 26.3 Å². The van der Waals surface area contributed by atoms with E-state index < -0.39 is 6.10 Å². The Bertz CT molecular complexity index is 547. The van der Waals surface area contributed by atoms with Gasteiger partial charge >= 0.3 is 0 Å². The van der Waals surface area contributed by atoms with Crippen molar-refractivity contribution in [2.45, 2.75) is 26.2 Å². The second-order valence-electron chi connectivity index (χ2n) is 5.21. The van der Waals surface area contributed by atoms with Crippen molar-refractivity contribution in [1.82, 2.24) is 4.90 Å². The van der Waals surface area contributed by atoms with E-state index in [1.807, 2.05) is 30.5 Å². The van der Waals surface area contributed by atoms with E-state index in [1.165, 1.54) is 12.1 Å². The molecule has 5 heteroatoms. The first kappa shape index (κ1) is 17.1. The maximum absolute atomic E-state index is 13.2. The van der Waals surface area contributed by atoms with Gasteiger partial charge in [0.1, 0.15) is 5.82 Å². The fourth-order valence-corrected chi connectivity index (χ4v) is 2.88. The van der Waals surface area contributed by atoms with Crippen LogP contribution in [-0.2, 0) is 17.9 Å². The Morgan fingerprint density at radius 1 is 1.32 bits per heavy atom. The van der Waals surface area contributed by atoms with Crippen LogP contribution < -0.4 is 0 Å². The fraction of sp³-hybridized carbons (Fsp3) is 0.412. The number of likely N-dealkylation sites (N-methyl/N-ethyl adjacent to an activating group) is 1. The Morgan fingerprint density at radius 2 is 2.18 bits per heavy atom. The summed E-state index contributed by atoms with van der Waals surface area (Å²) in [6, 6.07) is 10.6. The lowest BCUT2D eigenvalue weighted by atomic mass is 10.2. The predicted molar refractivity (Wildman–Crippen MR) is 87.3 cm³/mol. The SMILES string of the molecule is CCN(Cc1cccc(F)c1)CC(O)COCc1cccs1. The van der Waals surface area contributed by atoms with Gasteiger partial charge < -0.3 is 9.84 Å². The summed E-state index contributed by atoms with van der Waals surface area (Å²) < 4.78 is 18.7. The molecule has 0 saturated heterocycles. The second-order valence-corrected chi connectivity index (χ2v) is 6.24. The molecule has 22 heavy (non-hydrogen) atoms. The minimum atomic E-state index is -0.548. The molecule has 0 amide bonds. The number of aliphatic hydroxyl groups is 1. The Hall–Kier alpha value is -1.27. The summed E-state index contributed by atoms with van der Waals surface area (Å²) in [7, 11) is 0. The minimum absolute atomic E-state index is 0.228. The van der Waals surface area contributed by atoms with E-state index in [-0.39, 0.29) is 5.82 Å². The summed E-state index contributed by atoms with van der Waals surface area (Å²) in [5, 5.41) is 12.1. The van der Waals surface area contributed by atoms with Crippen LogP contribution >= 0.6 is 11.3 Å². The van der Waals surface area contributed by atoms with E-state index in [9.17, 15) is 9.50 Å². The van der Waals surface area contributed by atoms with Gasteiger partial charge in [0.25, 0.3) is 0 Å². The standard InChI is InChI=1S/C17H22FNO2S/c1-2-19(10-14-5-3-6-15(18)9-14)11-16(20)12-21-13-17-7-4-8-22-17/h3-9,16,20H,2,10-13H2,1H3. The van der Waals surface area contributed by atoms with Gasteiger partial charge in [0.15, 0.2) is 0 Å². The van der Waals surface area contributed by atoms with Gasteiger partial charge in [-0.1, -0.05) is 25.1 Å². The van der Waals surface area contributed by atoms with Crippen molar-refractivity contribution >= 4 is 11.3 Å². The molecule has 2 rings (SSSR count). The molecule has 0 saturated carbocycles. The smallest absolute Gasteiger partial charge is 0.123 e. The van der Waals surface area contributed by atoms with Crippen LogP contribution in [0.25, 0.3) is 0 Å². The molecular weight excluding hydrogens is 301 g/mol. The number of aliphatic hydroxyl groups excluding tert-OH is 1. The number of rotatable bonds is 9. The van der Waals surface area contributed by atoms with Gasteiger partial charge in [0.2, 0.25) is 0 Å². The Labute approximate surface area is 135 Å². The summed E-state index contributed by atoms with van der Waals surface area (Å²) in [6.07, 6.45) is -0.548. The highest BCUT2D eigenvalue weighted by Crippen LogP contribution is 2.11. The number of ether oxygens (including phenoxy) is 1. The van der Waals surface area contributed by atoms with Crippen LogP contribution in [0, 0.1) is 5.82 Å². The van der Waals surface area contributed by atoms with E-state index in [2.05, 4.69) is 4.90 Å². The maximum atomic E-state index is 13.2. The summed E-state index contributed by atoms with van der Waals surface area (Å²) >= 11 is 1.64. The van der Waals surface area contributed by atoms with Crippen molar-refractivity contribution in [3.05, 3.63) is 58.0 Å². The molecule has 0 radical (unpaired) electrons. The lowest BCUT2D eigenvalue weighted by Crippen LogP contribution is -2.34. The Balaban J connectivity index is 1.74. The highest BCUT2D eigenvalue weighted by molar-refractivity contribution is 7.09. The van der Waals surface area contributed by atoms with Gasteiger partial charge in [-0.3, -0.25) is 4.90 Å². The Kier molecular flexibility index (Phi) is 6.99. The molecule has 1 aromatic heterocycles. The number of hydrogen-bond donors (Lipinski definition) is 1. The van der Waals surface area contributed by atoms with Crippen LogP contribution in [0.15, 0.2) is 41.8 Å². The monoisotopic (exact) mass is 323 g/mol. The number of hydrogen-bond acceptors (Lipinski definition) is 4. The molecule has 0 aliphatic carbocycles. The first-order chi connectivity index (χ1) is 10.7. The fourth-order valence-electron chi connectivity index (χ4n) is 2.24. The van der Waals surface area contributed by atoms with E-state index >= 15 is 0 Å². The highest BCUT2D eigenvalue weighted by Gasteiger charge is 2.11. The zero-order chi connectivity index (χ0) is 15.8. The van der Waals surface area contributed by atoms with Crippen molar-refractivity contribution in [2.75, 3.05) is 19.7 Å². The molecule has 1 aromatic carbocycles. The molecule has 2 aromatic rings. The van der Waals surface area contributed by atoms with Crippen molar-refractivity contribution in [1.29, 1.82) is 0 Å². The van der Waals surface area contributed by atoms with Gasteiger partial charge in [-0.05, 0) is 35.7 Å². The largest absolute Gasteiger partial charge is 0.389 e. The number of nitrogens with zero attached hydrogens (tertiary/aromatic N) is 1. The van der Waals surface area contributed by atoms with Crippen molar-refractivity contribution in [3.8, 4) is 0 Å². The van der Waals surface area contributed by atoms with Crippen LogP contribution in [0.2, 0.25) is 0 Å². The average Bonchev–Trinajstić information content (AvgIpc) is 3.00. The molecule has 0 aliphatic heterocycles. The zero-order valence-corrected chi connectivity index (χ0v) is 13.6. The predicted octanol–water partition coefficient (Wildman–Crippen LogP) is 3.29. The van der Waals surface area contributed by atoms with Gasteiger partial charge in [0, 0.05) is 18.0 Å². The molecule has 1 atom stereocenters. The van der Waals surface area contributed by atoms with Crippen LogP contribution in [0.1, 0.15) is 17.4 Å². The highest BCUT2D eigenvalue weighted by atomic mass is 32.1. The summed E-state index contributed by atoms with van der Waals surface area (Å²) in [4.78, 5) is 3.23. The second kappa shape index (κ2) is 9.00. The zero-order valence-electron chi connectivity index (χ0n) is 12.7. The van der Waals surface area contributed by atoms with E-state index in [4.69, 9.17) is 4.74 Å². The van der Waals surface area contributed by atoms with Crippen molar-refractivity contribution in [3.63, 3.8) is 0 Å². The lowest BCUT2D eigenvalue weighted by molar-refractivity contribution is 0.0102. The van der Waals surface area contributed by atoms with E-state index in [0.717, 1.165) is 17.0 Å². The normalized spacial score (nSPS) is 12.7. The van der Waals surface area contributed by atoms with Gasteiger partial charge in [-0.2, -0.15) is 0 Å². The van der Waals surface area contributed by atoms with Gasteiger partial charge in [0.05, 0.1) is 19.3 Å². The van der Waals surface area contributed by atoms with Crippen LogP contribution in [0.5, 0.6) is 0 Å². The summed E-state index contributed by atoms with van der Waals surface area (Å²) in [6.45, 7) is 4.78. The molecule has 0 spiro atoms. The third-order valence-electron chi connectivity index (χ3n) is 3.35.